The highest BCUT2D eigenvalue weighted by Gasteiger charge is 2.20. The summed E-state index contributed by atoms with van der Waals surface area (Å²) >= 11 is 1.29. The van der Waals surface area contributed by atoms with E-state index in [-0.39, 0.29) is 17.1 Å². The number of para-hydroxylation sites is 1. The predicted octanol–water partition coefficient (Wildman–Crippen LogP) is 4.63. The number of hydrogen-bond donors (Lipinski definition) is 0. The highest BCUT2D eigenvalue weighted by atomic mass is 32.2. The molecule has 8 heteroatoms. The van der Waals surface area contributed by atoms with Crippen LogP contribution in [0.25, 0.3) is 22.4 Å². The first kappa shape index (κ1) is 21.9. The monoisotopic (exact) mass is 470 g/mol. The van der Waals surface area contributed by atoms with Crippen molar-refractivity contribution in [3.8, 4) is 11.4 Å². The average Bonchev–Trinajstić information content (AvgIpc) is 3.28. The molecule has 0 saturated heterocycles. The lowest BCUT2D eigenvalue weighted by Gasteiger charge is -2.14. The quantitative estimate of drug-likeness (QED) is 0.266. The first-order valence-corrected chi connectivity index (χ1v) is 11.7. The van der Waals surface area contributed by atoms with Crippen molar-refractivity contribution in [1.82, 2.24) is 19.2 Å². The topological polar surface area (TPSA) is 78.5 Å². The van der Waals surface area contributed by atoms with Gasteiger partial charge in [-0.15, -0.1) is 10.2 Å². The minimum absolute atomic E-state index is 0.0310. The Hall–Kier alpha value is -3.91. The van der Waals surface area contributed by atoms with Crippen LogP contribution in [0.5, 0.6) is 5.75 Å². The van der Waals surface area contributed by atoms with Crippen molar-refractivity contribution in [1.29, 1.82) is 0 Å². The highest BCUT2D eigenvalue weighted by molar-refractivity contribution is 7.99. The Balaban J connectivity index is 1.62. The number of fused-ring (bicyclic) bond motifs is 3. The van der Waals surface area contributed by atoms with Crippen LogP contribution in [0.1, 0.15) is 21.5 Å². The second kappa shape index (κ2) is 8.79. The summed E-state index contributed by atoms with van der Waals surface area (Å²) in [7, 11) is 1.59. The van der Waals surface area contributed by atoms with Crippen LogP contribution >= 0.6 is 11.8 Å². The summed E-state index contributed by atoms with van der Waals surface area (Å²) in [5, 5.41) is 9.84. The summed E-state index contributed by atoms with van der Waals surface area (Å²) in [5.74, 6) is 1.27. The van der Waals surface area contributed by atoms with E-state index >= 15 is 0 Å². The van der Waals surface area contributed by atoms with E-state index in [1.807, 2.05) is 54.6 Å². The number of aromatic nitrogens is 4. The molecule has 0 radical (unpaired) electrons. The van der Waals surface area contributed by atoms with Crippen molar-refractivity contribution in [2.24, 2.45) is 0 Å². The number of thioether (sulfide) groups is 1. The fourth-order valence-electron chi connectivity index (χ4n) is 3.94. The zero-order valence-corrected chi connectivity index (χ0v) is 19.8. The molecule has 0 aliphatic rings. The zero-order chi connectivity index (χ0) is 23.8. The molecule has 5 aromatic rings. The summed E-state index contributed by atoms with van der Waals surface area (Å²) in [5.41, 5.74) is 3.90. The number of carbonyl (C=O) groups is 1. The Labute approximate surface area is 200 Å². The summed E-state index contributed by atoms with van der Waals surface area (Å²) in [6.07, 6.45) is 0. The molecule has 0 aliphatic carbocycles. The fraction of sp³-hybridized carbons (Fsp3) is 0.154. The molecule has 0 aliphatic heterocycles. The minimum Gasteiger partial charge on any atom is -0.497 e. The van der Waals surface area contributed by atoms with E-state index in [0.29, 0.717) is 33.1 Å². The van der Waals surface area contributed by atoms with Gasteiger partial charge in [-0.25, -0.2) is 4.57 Å². The lowest BCUT2D eigenvalue weighted by molar-refractivity contribution is 0.102. The second-order valence-corrected chi connectivity index (χ2v) is 8.95. The summed E-state index contributed by atoms with van der Waals surface area (Å²) < 4.78 is 8.62. The number of aryl methyl sites for hydroxylation is 2. The van der Waals surface area contributed by atoms with E-state index in [1.54, 1.807) is 42.0 Å². The molecule has 0 spiro atoms. The van der Waals surface area contributed by atoms with Crippen LogP contribution in [0, 0.1) is 13.8 Å². The molecule has 3 aromatic carbocycles. The molecule has 2 aromatic heterocycles. The highest BCUT2D eigenvalue weighted by Crippen LogP contribution is 2.25. The molecular formula is C26H22N4O3S. The fourth-order valence-corrected chi connectivity index (χ4v) is 4.77. The molecule has 0 bridgehead atoms. The lowest BCUT2D eigenvalue weighted by Crippen LogP contribution is -2.22. The van der Waals surface area contributed by atoms with Crippen molar-refractivity contribution in [3.05, 3.63) is 93.8 Å². The number of carbonyl (C=O) groups excluding carboxylic acids is 1. The van der Waals surface area contributed by atoms with E-state index in [1.165, 1.54) is 11.8 Å². The number of ketones is 1. The van der Waals surface area contributed by atoms with Gasteiger partial charge in [-0.1, -0.05) is 36.0 Å². The van der Waals surface area contributed by atoms with Crippen LogP contribution in [0.15, 0.2) is 76.7 Å². The van der Waals surface area contributed by atoms with Gasteiger partial charge in [0.05, 0.1) is 29.5 Å². The molecule has 0 unspecified atom stereocenters. The third-order valence-electron chi connectivity index (χ3n) is 5.74. The van der Waals surface area contributed by atoms with E-state index in [4.69, 9.17) is 4.74 Å². The molecule has 34 heavy (non-hydrogen) atoms. The third-order valence-corrected chi connectivity index (χ3v) is 6.67. The number of benzene rings is 3. The molecule has 0 saturated carbocycles. The van der Waals surface area contributed by atoms with E-state index in [0.717, 1.165) is 16.8 Å². The minimum atomic E-state index is -0.157. The first-order valence-electron chi connectivity index (χ1n) is 10.7. The van der Waals surface area contributed by atoms with Gasteiger partial charge in [0.1, 0.15) is 5.75 Å². The maximum absolute atomic E-state index is 13.5. The molecule has 0 atom stereocenters. The molecule has 2 heterocycles. The summed E-state index contributed by atoms with van der Waals surface area (Å²) in [4.78, 5) is 26.3. The van der Waals surface area contributed by atoms with Gasteiger partial charge in [-0.3, -0.25) is 14.0 Å². The number of hydrogen-bond acceptors (Lipinski definition) is 6. The van der Waals surface area contributed by atoms with E-state index < -0.39 is 0 Å². The summed E-state index contributed by atoms with van der Waals surface area (Å²) in [6, 6.07) is 20.4. The Bertz CT molecular complexity index is 1600. The molecular weight excluding hydrogens is 448 g/mol. The Morgan fingerprint density at radius 3 is 2.53 bits per heavy atom. The van der Waals surface area contributed by atoms with Gasteiger partial charge in [-0.2, -0.15) is 0 Å². The largest absolute Gasteiger partial charge is 0.497 e. The molecule has 170 valence electrons. The number of ether oxygens (including phenoxy) is 1. The van der Waals surface area contributed by atoms with E-state index in [9.17, 15) is 9.59 Å². The summed E-state index contributed by atoms with van der Waals surface area (Å²) in [6.45, 7) is 3.95. The molecule has 0 N–H and O–H groups in total. The standard InChI is InChI=1S/C26H22N4O3S/c1-16-8-9-17(2)22(14-16)29-24(32)20-6-4-5-7-21(20)30-25(29)27-28-26(30)34-15-23(31)18-10-12-19(33-3)13-11-18/h4-14H,15H2,1-3H3. The van der Waals surface area contributed by atoms with Crippen LogP contribution in [-0.2, 0) is 0 Å². The van der Waals surface area contributed by atoms with Crippen molar-refractivity contribution in [2.75, 3.05) is 12.9 Å². The van der Waals surface area contributed by atoms with Crippen molar-refractivity contribution < 1.29 is 9.53 Å². The van der Waals surface area contributed by atoms with Crippen molar-refractivity contribution in [3.63, 3.8) is 0 Å². The molecule has 0 fully saturated rings. The van der Waals surface area contributed by atoms with Crippen LogP contribution in [0.3, 0.4) is 0 Å². The van der Waals surface area contributed by atoms with Gasteiger partial charge >= 0.3 is 0 Å². The molecule has 7 nitrogen and oxygen atoms in total. The average molecular weight is 471 g/mol. The van der Waals surface area contributed by atoms with Gasteiger partial charge < -0.3 is 4.74 Å². The van der Waals surface area contributed by atoms with Crippen molar-refractivity contribution >= 4 is 34.2 Å². The maximum Gasteiger partial charge on any atom is 0.267 e. The van der Waals surface area contributed by atoms with Crippen LogP contribution in [-0.4, -0.2) is 37.8 Å². The predicted molar refractivity (Wildman–Crippen MR) is 134 cm³/mol. The SMILES string of the molecule is COc1ccc(C(=O)CSc2nnc3n(-c4cc(C)ccc4C)c(=O)c4ccccc4n23)cc1. The normalized spacial score (nSPS) is 11.3. The van der Waals surface area contributed by atoms with Gasteiger partial charge in [-0.05, 0) is 67.4 Å². The molecule has 5 rings (SSSR count). The van der Waals surface area contributed by atoms with Crippen LogP contribution in [0.2, 0.25) is 0 Å². The van der Waals surface area contributed by atoms with E-state index in [2.05, 4.69) is 10.2 Å². The number of nitrogens with zero attached hydrogens (tertiary/aromatic N) is 4. The number of methoxy groups -OCH3 is 1. The maximum atomic E-state index is 13.5. The number of rotatable bonds is 6. The van der Waals surface area contributed by atoms with Gasteiger partial charge in [0.15, 0.2) is 10.9 Å². The smallest absolute Gasteiger partial charge is 0.267 e. The van der Waals surface area contributed by atoms with Gasteiger partial charge in [0.25, 0.3) is 5.56 Å². The lowest BCUT2D eigenvalue weighted by atomic mass is 10.1. The first-order chi connectivity index (χ1) is 16.5. The third kappa shape index (κ3) is 3.76. The van der Waals surface area contributed by atoms with Crippen molar-refractivity contribution in [2.45, 2.75) is 19.0 Å². The zero-order valence-electron chi connectivity index (χ0n) is 19.0. The Morgan fingerprint density at radius 1 is 1.00 bits per heavy atom. The van der Waals surface area contributed by atoms with Crippen LogP contribution < -0.4 is 10.3 Å². The molecule has 0 amide bonds. The number of Topliss-reactive ketones (excluding diaryl/α,β-unsaturated/α-hetero) is 1. The van der Waals surface area contributed by atoms with Gasteiger partial charge in [0, 0.05) is 5.56 Å². The van der Waals surface area contributed by atoms with Gasteiger partial charge in [0.2, 0.25) is 5.78 Å². The Kier molecular flexibility index (Phi) is 5.67. The Morgan fingerprint density at radius 2 is 1.76 bits per heavy atom. The second-order valence-electron chi connectivity index (χ2n) is 8.01. The van der Waals surface area contributed by atoms with Crippen LogP contribution in [0.4, 0.5) is 0 Å².